The number of nitrogens with zero attached hydrogens (tertiary/aromatic N) is 3. The minimum atomic E-state index is 0.00988. The molecule has 4 heterocycles. The predicted molar refractivity (Wildman–Crippen MR) is 126 cm³/mol. The molecule has 2 saturated heterocycles. The molecule has 154 valence electrons. The fourth-order valence-electron chi connectivity index (χ4n) is 4.18. The van der Waals surface area contributed by atoms with Gasteiger partial charge in [0.05, 0.1) is 31.0 Å². The number of rotatable bonds is 4. The monoisotopic (exact) mass is 436 g/mol. The Hall–Kier alpha value is -2.48. The summed E-state index contributed by atoms with van der Waals surface area (Å²) in [6, 6.07) is 19.2. The number of pyridine rings is 1. The summed E-state index contributed by atoms with van der Waals surface area (Å²) in [6.45, 7) is 5.58. The number of thiophene rings is 1. The first-order valence-electron chi connectivity index (χ1n) is 10.2. The molecule has 30 heavy (non-hydrogen) atoms. The molecule has 2 aliphatic heterocycles. The Kier molecular flexibility index (Phi) is 5.41. The molecule has 0 bridgehead atoms. The van der Waals surface area contributed by atoms with Crippen molar-refractivity contribution in [3.8, 4) is 0 Å². The zero-order valence-electron chi connectivity index (χ0n) is 16.8. The van der Waals surface area contributed by atoms with Gasteiger partial charge < -0.3 is 19.9 Å². The van der Waals surface area contributed by atoms with Crippen molar-refractivity contribution in [3.63, 3.8) is 0 Å². The summed E-state index contributed by atoms with van der Waals surface area (Å²) < 4.78 is 5.48. The minimum absolute atomic E-state index is 0.00988. The standard InChI is InChI=1S/C23H24N4OS2/c1-16-5-10-20(30-16)22-21(19-4-2-3-11-24-19)25-23(29)27(22)18-8-6-17(7-9-18)26-12-14-28-15-13-26/h2-11,21-22H,12-15H2,1H3,(H,25,29)/t21-,22+/m0/s1. The molecular weight excluding hydrogens is 412 g/mol. The van der Waals surface area contributed by atoms with E-state index in [1.807, 2.05) is 29.7 Å². The van der Waals surface area contributed by atoms with E-state index in [4.69, 9.17) is 17.0 Å². The van der Waals surface area contributed by atoms with Crippen molar-refractivity contribution < 1.29 is 4.74 Å². The van der Waals surface area contributed by atoms with Gasteiger partial charge in [-0.3, -0.25) is 4.98 Å². The molecular formula is C23H24N4OS2. The summed E-state index contributed by atoms with van der Waals surface area (Å²) in [5, 5.41) is 4.27. The smallest absolute Gasteiger partial charge is 0.174 e. The van der Waals surface area contributed by atoms with E-state index in [1.54, 1.807) is 0 Å². The second kappa shape index (κ2) is 8.34. The maximum absolute atomic E-state index is 5.81. The third-order valence-corrected chi connectivity index (χ3v) is 7.04. The molecule has 2 aromatic heterocycles. The highest BCUT2D eigenvalue weighted by Crippen LogP contribution is 2.43. The van der Waals surface area contributed by atoms with Crippen molar-refractivity contribution in [3.05, 3.63) is 76.2 Å². The highest BCUT2D eigenvalue weighted by molar-refractivity contribution is 7.80. The predicted octanol–water partition coefficient (Wildman–Crippen LogP) is 4.47. The highest BCUT2D eigenvalue weighted by Gasteiger charge is 2.41. The van der Waals surface area contributed by atoms with Crippen molar-refractivity contribution >= 4 is 40.0 Å². The highest BCUT2D eigenvalue weighted by atomic mass is 32.1. The second-order valence-corrected chi connectivity index (χ2v) is 9.27. The van der Waals surface area contributed by atoms with E-state index in [2.05, 4.69) is 69.5 Å². The largest absolute Gasteiger partial charge is 0.378 e. The molecule has 2 fully saturated rings. The van der Waals surface area contributed by atoms with Crippen LogP contribution in [0, 0.1) is 6.92 Å². The van der Waals surface area contributed by atoms with E-state index in [1.165, 1.54) is 15.4 Å². The molecule has 0 spiro atoms. The molecule has 5 nitrogen and oxygen atoms in total. The first kappa shape index (κ1) is 19.5. The summed E-state index contributed by atoms with van der Waals surface area (Å²) in [5.74, 6) is 0. The lowest BCUT2D eigenvalue weighted by Gasteiger charge is -2.30. The van der Waals surface area contributed by atoms with Gasteiger partial charge in [0.2, 0.25) is 0 Å². The summed E-state index contributed by atoms with van der Waals surface area (Å²) in [6.07, 6.45) is 1.84. The van der Waals surface area contributed by atoms with Crippen LogP contribution >= 0.6 is 23.6 Å². The summed E-state index contributed by atoms with van der Waals surface area (Å²) in [4.78, 5) is 11.8. The third-order valence-electron chi connectivity index (χ3n) is 5.65. The molecule has 5 rings (SSSR count). The number of ether oxygens (including phenoxy) is 1. The lowest BCUT2D eigenvalue weighted by Crippen LogP contribution is -2.36. The lowest BCUT2D eigenvalue weighted by molar-refractivity contribution is 0.122. The maximum Gasteiger partial charge on any atom is 0.174 e. The molecule has 2 aliphatic rings. The van der Waals surface area contributed by atoms with Gasteiger partial charge in [0.1, 0.15) is 0 Å². The van der Waals surface area contributed by atoms with E-state index in [0.717, 1.165) is 42.8 Å². The summed E-state index contributed by atoms with van der Waals surface area (Å²) in [7, 11) is 0. The first-order chi connectivity index (χ1) is 14.7. The topological polar surface area (TPSA) is 40.6 Å². The SMILES string of the molecule is Cc1ccc([C@@H]2[C@H](c3ccccn3)NC(=S)N2c2ccc(N3CCOCC3)cc2)s1. The molecule has 1 aromatic carbocycles. The number of aromatic nitrogens is 1. The van der Waals surface area contributed by atoms with Crippen LogP contribution in [0.5, 0.6) is 0 Å². The van der Waals surface area contributed by atoms with Crippen LogP contribution in [0.2, 0.25) is 0 Å². The second-order valence-electron chi connectivity index (χ2n) is 7.56. The number of thiocarbonyl (C=S) groups is 1. The van der Waals surface area contributed by atoms with Crippen LogP contribution in [0.3, 0.4) is 0 Å². The van der Waals surface area contributed by atoms with Gasteiger partial charge in [0.25, 0.3) is 0 Å². The van der Waals surface area contributed by atoms with E-state index in [-0.39, 0.29) is 12.1 Å². The van der Waals surface area contributed by atoms with Crippen molar-refractivity contribution in [1.29, 1.82) is 0 Å². The molecule has 3 aromatic rings. The van der Waals surface area contributed by atoms with Gasteiger partial charge in [0.15, 0.2) is 5.11 Å². The van der Waals surface area contributed by atoms with Crippen LogP contribution in [-0.4, -0.2) is 36.4 Å². The molecule has 0 amide bonds. The summed E-state index contributed by atoms with van der Waals surface area (Å²) >= 11 is 7.62. The molecule has 7 heteroatoms. The lowest BCUT2D eigenvalue weighted by atomic mass is 10.0. The Morgan fingerprint density at radius 1 is 1.03 bits per heavy atom. The third kappa shape index (κ3) is 3.69. The van der Waals surface area contributed by atoms with Gasteiger partial charge in [-0.15, -0.1) is 11.3 Å². The van der Waals surface area contributed by atoms with E-state index < -0.39 is 0 Å². The summed E-state index contributed by atoms with van der Waals surface area (Å²) in [5.41, 5.74) is 3.33. The molecule has 2 atom stereocenters. The van der Waals surface area contributed by atoms with Gasteiger partial charge in [-0.1, -0.05) is 6.07 Å². The van der Waals surface area contributed by atoms with Crippen molar-refractivity contribution in [2.75, 3.05) is 36.1 Å². The molecule has 0 aliphatic carbocycles. The van der Waals surface area contributed by atoms with Crippen LogP contribution < -0.4 is 15.1 Å². The Bertz CT molecular complexity index is 1020. The van der Waals surface area contributed by atoms with Crippen LogP contribution in [0.15, 0.2) is 60.8 Å². The average molecular weight is 437 g/mol. The molecule has 0 radical (unpaired) electrons. The fourth-order valence-corrected chi connectivity index (χ4v) is 5.53. The van der Waals surface area contributed by atoms with Crippen molar-refractivity contribution in [1.82, 2.24) is 10.3 Å². The van der Waals surface area contributed by atoms with Gasteiger partial charge in [-0.25, -0.2) is 0 Å². The van der Waals surface area contributed by atoms with Gasteiger partial charge >= 0.3 is 0 Å². The minimum Gasteiger partial charge on any atom is -0.378 e. The van der Waals surface area contributed by atoms with Crippen molar-refractivity contribution in [2.24, 2.45) is 0 Å². The van der Waals surface area contributed by atoms with E-state index in [9.17, 15) is 0 Å². The quantitative estimate of drug-likeness (QED) is 0.609. The van der Waals surface area contributed by atoms with Crippen LogP contribution in [0.4, 0.5) is 11.4 Å². The van der Waals surface area contributed by atoms with E-state index >= 15 is 0 Å². The van der Waals surface area contributed by atoms with Crippen LogP contribution in [0.1, 0.15) is 27.5 Å². The maximum atomic E-state index is 5.81. The van der Waals surface area contributed by atoms with Gasteiger partial charge in [0, 0.05) is 40.4 Å². The zero-order valence-corrected chi connectivity index (χ0v) is 18.5. The van der Waals surface area contributed by atoms with Gasteiger partial charge in [-0.05, 0) is 67.7 Å². The average Bonchev–Trinajstić information content (AvgIpc) is 3.38. The number of hydrogen-bond acceptors (Lipinski definition) is 5. The van der Waals surface area contributed by atoms with E-state index in [0.29, 0.717) is 0 Å². The number of nitrogens with one attached hydrogen (secondary N) is 1. The fraction of sp³-hybridized carbons (Fsp3) is 0.304. The first-order valence-corrected chi connectivity index (χ1v) is 11.4. The number of hydrogen-bond donors (Lipinski definition) is 1. The number of morpholine rings is 1. The number of benzene rings is 1. The Morgan fingerprint density at radius 3 is 2.47 bits per heavy atom. The van der Waals surface area contributed by atoms with Crippen LogP contribution in [-0.2, 0) is 4.74 Å². The van der Waals surface area contributed by atoms with Crippen LogP contribution in [0.25, 0.3) is 0 Å². The Balaban J connectivity index is 1.50. The molecule has 0 saturated carbocycles. The molecule has 0 unspecified atom stereocenters. The Morgan fingerprint density at radius 2 is 1.80 bits per heavy atom. The van der Waals surface area contributed by atoms with Crippen molar-refractivity contribution in [2.45, 2.75) is 19.0 Å². The number of anilines is 2. The normalized spacial score (nSPS) is 21.7. The molecule has 1 N–H and O–H groups in total. The Labute approximate surface area is 186 Å². The number of aryl methyl sites for hydroxylation is 1. The van der Waals surface area contributed by atoms with Gasteiger partial charge in [-0.2, -0.15) is 0 Å². The zero-order chi connectivity index (χ0) is 20.5.